The van der Waals surface area contributed by atoms with E-state index in [0.717, 1.165) is 19.4 Å². The van der Waals surface area contributed by atoms with Gasteiger partial charge in [0.2, 0.25) is 5.91 Å². The van der Waals surface area contributed by atoms with Crippen LogP contribution < -0.4 is 10.6 Å². The van der Waals surface area contributed by atoms with Gasteiger partial charge in [0.1, 0.15) is 0 Å². The number of nitrogens with one attached hydrogen (secondary N) is 2. The van der Waals surface area contributed by atoms with Gasteiger partial charge in [0, 0.05) is 19.1 Å². The third-order valence-electron chi connectivity index (χ3n) is 2.03. The minimum Gasteiger partial charge on any atom is -0.351 e. The van der Waals surface area contributed by atoms with Gasteiger partial charge in [-0.1, -0.05) is 20.4 Å². The molecule has 0 atom stereocenters. The van der Waals surface area contributed by atoms with Gasteiger partial charge in [-0.2, -0.15) is 0 Å². The molecule has 0 aliphatic rings. The topological polar surface area (TPSA) is 41.1 Å². The van der Waals surface area contributed by atoms with Gasteiger partial charge < -0.3 is 10.6 Å². The van der Waals surface area contributed by atoms with E-state index >= 15 is 0 Å². The fourth-order valence-corrected chi connectivity index (χ4v) is 1.11. The maximum Gasteiger partial charge on any atom is 0.243 e. The molecule has 3 nitrogen and oxygen atoms in total. The van der Waals surface area contributed by atoms with Crippen LogP contribution in [0.2, 0.25) is 0 Å². The molecule has 0 aliphatic carbocycles. The Bertz CT molecular complexity index is 153. The molecule has 0 aromatic carbocycles. The van der Waals surface area contributed by atoms with Gasteiger partial charge in [0.05, 0.1) is 0 Å². The summed E-state index contributed by atoms with van der Waals surface area (Å²) in [6.07, 6.45) is 3.55. The lowest BCUT2D eigenvalue weighted by atomic mass is 10.2. The smallest absolute Gasteiger partial charge is 0.243 e. The highest BCUT2D eigenvalue weighted by atomic mass is 16.1. The molecule has 0 aromatic heterocycles. The Hall–Kier alpha value is -0.830. The molecule has 2 N–H and O–H groups in total. The highest BCUT2D eigenvalue weighted by Gasteiger charge is 2.00. The van der Waals surface area contributed by atoms with Gasteiger partial charge in [-0.05, 0) is 18.9 Å². The average molecular weight is 184 g/mol. The molecule has 0 fully saturated rings. The van der Waals surface area contributed by atoms with E-state index in [1.165, 1.54) is 6.08 Å². The number of carbonyl (C=O) groups excluding carboxylic acids is 1. The Kier molecular flexibility index (Phi) is 7.30. The van der Waals surface area contributed by atoms with Crippen molar-refractivity contribution < 1.29 is 4.79 Å². The number of amides is 1. The van der Waals surface area contributed by atoms with E-state index in [-0.39, 0.29) is 5.91 Å². The van der Waals surface area contributed by atoms with Crippen molar-refractivity contribution in [2.45, 2.75) is 32.7 Å². The van der Waals surface area contributed by atoms with Crippen molar-refractivity contribution in [3.63, 3.8) is 0 Å². The van der Waals surface area contributed by atoms with E-state index < -0.39 is 0 Å². The first-order chi connectivity index (χ1) is 6.24. The average Bonchev–Trinajstić information content (AvgIpc) is 2.18. The van der Waals surface area contributed by atoms with Crippen LogP contribution >= 0.6 is 0 Å². The minimum absolute atomic E-state index is 0.105. The zero-order valence-electron chi connectivity index (χ0n) is 8.60. The Balaban J connectivity index is 3.33. The minimum atomic E-state index is -0.105. The molecular formula is C10H20N2O. The highest BCUT2D eigenvalue weighted by Crippen LogP contribution is 1.94. The Morgan fingerprint density at radius 1 is 1.38 bits per heavy atom. The van der Waals surface area contributed by atoms with Gasteiger partial charge in [-0.25, -0.2) is 0 Å². The zero-order valence-corrected chi connectivity index (χ0v) is 8.60. The van der Waals surface area contributed by atoms with Crippen molar-refractivity contribution in [3.8, 4) is 0 Å². The normalized spacial score (nSPS) is 10.1. The predicted molar refractivity (Wildman–Crippen MR) is 55.6 cm³/mol. The van der Waals surface area contributed by atoms with E-state index in [9.17, 15) is 4.79 Å². The third kappa shape index (κ3) is 6.34. The molecule has 0 aliphatic heterocycles. The lowest BCUT2D eigenvalue weighted by Gasteiger charge is -2.14. The number of hydrogen-bond donors (Lipinski definition) is 2. The first-order valence-electron chi connectivity index (χ1n) is 4.88. The van der Waals surface area contributed by atoms with Crippen LogP contribution in [-0.2, 0) is 4.79 Å². The zero-order chi connectivity index (χ0) is 10.1. The van der Waals surface area contributed by atoms with E-state index in [0.29, 0.717) is 12.6 Å². The predicted octanol–water partition coefficient (Wildman–Crippen LogP) is 1.07. The maximum atomic E-state index is 10.7. The second-order valence-electron chi connectivity index (χ2n) is 2.96. The van der Waals surface area contributed by atoms with Crippen LogP contribution in [0.5, 0.6) is 0 Å². The lowest BCUT2D eigenvalue weighted by molar-refractivity contribution is -0.116. The van der Waals surface area contributed by atoms with Gasteiger partial charge in [-0.3, -0.25) is 4.79 Å². The summed E-state index contributed by atoms with van der Waals surface area (Å²) in [5.41, 5.74) is 0. The van der Waals surface area contributed by atoms with Crippen molar-refractivity contribution >= 4 is 5.91 Å². The fourth-order valence-electron chi connectivity index (χ4n) is 1.11. The summed E-state index contributed by atoms with van der Waals surface area (Å²) in [5, 5.41) is 6.07. The monoisotopic (exact) mass is 184 g/mol. The van der Waals surface area contributed by atoms with E-state index in [4.69, 9.17) is 0 Å². The van der Waals surface area contributed by atoms with Crippen molar-refractivity contribution in [1.82, 2.24) is 10.6 Å². The Morgan fingerprint density at radius 2 is 2.00 bits per heavy atom. The molecule has 3 heteroatoms. The second-order valence-corrected chi connectivity index (χ2v) is 2.96. The van der Waals surface area contributed by atoms with Gasteiger partial charge in [0.25, 0.3) is 0 Å². The molecule has 76 valence electrons. The molecule has 0 rings (SSSR count). The van der Waals surface area contributed by atoms with E-state index in [1.54, 1.807) is 0 Å². The maximum absolute atomic E-state index is 10.7. The summed E-state index contributed by atoms with van der Waals surface area (Å²) in [6, 6.07) is 0.570. The van der Waals surface area contributed by atoms with Crippen LogP contribution in [0.25, 0.3) is 0 Å². The van der Waals surface area contributed by atoms with Crippen LogP contribution in [0.3, 0.4) is 0 Å². The van der Waals surface area contributed by atoms with Crippen LogP contribution in [0.15, 0.2) is 12.7 Å². The van der Waals surface area contributed by atoms with Crippen molar-refractivity contribution in [2.24, 2.45) is 0 Å². The molecule has 0 aromatic rings. The van der Waals surface area contributed by atoms with Crippen molar-refractivity contribution in [1.29, 1.82) is 0 Å². The van der Waals surface area contributed by atoms with Crippen LogP contribution in [-0.4, -0.2) is 25.0 Å². The molecule has 0 spiro atoms. The van der Waals surface area contributed by atoms with Crippen LogP contribution in [0, 0.1) is 0 Å². The summed E-state index contributed by atoms with van der Waals surface area (Å²) in [6.45, 7) is 9.18. The molecule has 0 heterocycles. The molecule has 1 amide bonds. The number of carbonyl (C=O) groups is 1. The third-order valence-corrected chi connectivity index (χ3v) is 2.03. The van der Waals surface area contributed by atoms with Crippen molar-refractivity contribution in [2.75, 3.05) is 13.1 Å². The summed E-state index contributed by atoms with van der Waals surface area (Å²) >= 11 is 0. The molecule has 0 unspecified atom stereocenters. The van der Waals surface area contributed by atoms with Crippen LogP contribution in [0.4, 0.5) is 0 Å². The first-order valence-corrected chi connectivity index (χ1v) is 4.88. The standard InChI is InChI=1S/C10H20N2O/c1-4-9(5-2)11-7-8-12-10(13)6-3/h6,9,11H,3-5,7-8H2,1-2H3,(H,12,13). The summed E-state index contributed by atoms with van der Waals surface area (Å²) in [4.78, 5) is 10.7. The van der Waals surface area contributed by atoms with Gasteiger partial charge in [0.15, 0.2) is 0 Å². The Labute approximate surface area is 80.6 Å². The fraction of sp³-hybridized carbons (Fsp3) is 0.700. The number of hydrogen-bond acceptors (Lipinski definition) is 2. The molecule has 0 saturated carbocycles. The summed E-state index contributed by atoms with van der Waals surface area (Å²) in [5.74, 6) is -0.105. The highest BCUT2D eigenvalue weighted by molar-refractivity contribution is 5.86. The molecule has 13 heavy (non-hydrogen) atoms. The lowest BCUT2D eigenvalue weighted by Crippen LogP contribution is -2.35. The first kappa shape index (κ1) is 12.2. The van der Waals surface area contributed by atoms with Gasteiger partial charge in [-0.15, -0.1) is 0 Å². The van der Waals surface area contributed by atoms with Gasteiger partial charge >= 0.3 is 0 Å². The quantitative estimate of drug-likeness (QED) is 0.459. The van der Waals surface area contributed by atoms with E-state index in [2.05, 4.69) is 31.1 Å². The Morgan fingerprint density at radius 3 is 2.46 bits per heavy atom. The number of rotatable bonds is 7. The SMILES string of the molecule is C=CC(=O)NCCNC(CC)CC. The molecule has 0 bridgehead atoms. The molecule has 0 saturated heterocycles. The second kappa shape index (κ2) is 7.80. The largest absolute Gasteiger partial charge is 0.351 e. The van der Waals surface area contributed by atoms with Crippen molar-refractivity contribution in [3.05, 3.63) is 12.7 Å². The van der Waals surface area contributed by atoms with E-state index in [1.807, 2.05) is 0 Å². The van der Waals surface area contributed by atoms with Crippen LogP contribution in [0.1, 0.15) is 26.7 Å². The summed E-state index contributed by atoms with van der Waals surface area (Å²) < 4.78 is 0. The molecular weight excluding hydrogens is 164 g/mol. The molecule has 0 radical (unpaired) electrons. The summed E-state index contributed by atoms with van der Waals surface area (Å²) in [7, 11) is 0.